The number of carbonyl (C=O) groups excluding carboxylic acids is 4. The first-order valence-corrected chi connectivity index (χ1v) is 16.9. The molecule has 0 saturated carbocycles. The smallest absolute Gasteiger partial charge is 0.406 e. The van der Waals surface area contributed by atoms with E-state index < -0.39 is 41.4 Å². The number of nitrogens with zero attached hydrogens (tertiary/aromatic N) is 3. The molecule has 2 unspecified atom stereocenters. The van der Waals surface area contributed by atoms with Crippen molar-refractivity contribution in [3.63, 3.8) is 0 Å². The summed E-state index contributed by atoms with van der Waals surface area (Å²) in [5, 5.41) is 8.72. The van der Waals surface area contributed by atoms with Gasteiger partial charge in [-0.15, -0.1) is 13.2 Å². The van der Waals surface area contributed by atoms with E-state index in [-0.39, 0.29) is 30.3 Å². The fourth-order valence-electron chi connectivity index (χ4n) is 6.77. The standard InChI is InChI=1S/C40H35F3N6O5/c1-25(31-17-19-44-23-33(31)46-35(50)21-27-9-5-3-6-10-27)39(37(52)49(38(53)48-39)29-13-15-30(16-14-29)54-40(41,42)43)26(2)32-18-20-45-24-34(32)47-36(51)22-28-11-7-4-8-12-28/h3-20,23-26H,21-22H2,1-2H3,(H,46,50)(H,47,51)(H,48,53). The monoisotopic (exact) mass is 736 g/mol. The molecular weight excluding hydrogens is 701 g/mol. The lowest BCUT2D eigenvalue weighted by Crippen LogP contribution is -2.55. The van der Waals surface area contributed by atoms with Crippen molar-refractivity contribution in [2.75, 3.05) is 15.5 Å². The van der Waals surface area contributed by atoms with Gasteiger partial charge >= 0.3 is 12.4 Å². The van der Waals surface area contributed by atoms with E-state index >= 15 is 0 Å². The quantitative estimate of drug-likeness (QED) is 0.116. The van der Waals surface area contributed by atoms with Crippen LogP contribution < -0.4 is 25.6 Å². The zero-order chi connectivity index (χ0) is 38.5. The van der Waals surface area contributed by atoms with Gasteiger partial charge in [0.15, 0.2) is 0 Å². The number of alkyl halides is 3. The van der Waals surface area contributed by atoms with Crippen LogP contribution >= 0.6 is 0 Å². The number of halogens is 3. The van der Waals surface area contributed by atoms with E-state index in [4.69, 9.17) is 0 Å². The van der Waals surface area contributed by atoms with Crippen LogP contribution in [0, 0.1) is 0 Å². The SMILES string of the molecule is CC(c1ccncc1NC(=O)Cc1ccccc1)C1(C(C)c2ccncc2NC(=O)Cc2ccccc2)NC(=O)N(c2ccc(OC(F)(F)F)cc2)C1=O. The predicted octanol–water partition coefficient (Wildman–Crippen LogP) is 7.14. The number of aromatic nitrogens is 2. The minimum atomic E-state index is -4.94. The number of urea groups is 1. The Kier molecular flexibility index (Phi) is 10.7. The number of ether oxygens (including phenoxy) is 1. The molecule has 54 heavy (non-hydrogen) atoms. The van der Waals surface area contributed by atoms with Crippen LogP contribution in [0.25, 0.3) is 0 Å². The van der Waals surface area contributed by atoms with Crippen molar-refractivity contribution >= 4 is 40.8 Å². The summed E-state index contributed by atoms with van der Waals surface area (Å²) >= 11 is 0. The van der Waals surface area contributed by atoms with Gasteiger partial charge in [-0.2, -0.15) is 0 Å². The van der Waals surface area contributed by atoms with Crippen LogP contribution in [-0.4, -0.2) is 45.6 Å². The second-order valence-electron chi connectivity index (χ2n) is 12.8. The highest BCUT2D eigenvalue weighted by atomic mass is 19.4. The summed E-state index contributed by atoms with van der Waals surface area (Å²) in [5.41, 5.74) is 1.29. The van der Waals surface area contributed by atoms with E-state index in [1.165, 1.54) is 36.9 Å². The maximum atomic E-state index is 15.0. The Morgan fingerprint density at radius 2 is 1.20 bits per heavy atom. The van der Waals surface area contributed by atoms with Gasteiger partial charge in [-0.25, -0.2) is 9.69 Å². The van der Waals surface area contributed by atoms with Gasteiger partial charge in [0.05, 0.1) is 42.3 Å². The summed E-state index contributed by atoms with van der Waals surface area (Å²) in [6.45, 7) is 3.44. The molecule has 5 aromatic rings. The van der Waals surface area contributed by atoms with Crippen LogP contribution in [0.5, 0.6) is 5.75 Å². The average Bonchev–Trinajstić information content (AvgIpc) is 3.42. The summed E-state index contributed by atoms with van der Waals surface area (Å²) in [4.78, 5) is 64.7. The Morgan fingerprint density at radius 1 is 0.741 bits per heavy atom. The molecule has 276 valence electrons. The van der Waals surface area contributed by atoms with E-state index in [1.807, 2.05) is 60.7 Å². The normalized spacial score (nSPS) is 16.6. The van der Waals surface area contributed by atoms with Gasteiger partial charge in [-0.05, 0) is 58.7 Å². The van der Waals surface area contributed by atoms with Crippen LogP contribution in [0.15, 0.2) is 122 Å². The van der Waals surface area contributed by atoms with E-state index in [0.29, 0.717) is 22.5 Å². The zero-order valence-corrected chi connectivity index (χ0v) is 29.1. The van der Waals surface area contributed by atoms with Crippen LogP contribution in [-0.2, 0) is 27.2 Å². The number of rotatable bonds is 12. The fraction of sp³-hybridized carbons (Fsp3) is 0.200. The zero-order valence-electron chi connectivity index (χ0n) is 29.1. The molecule has 6 rings (SSSR count). The Hall–Kier alpha value is -6.57. The lowest BCUT2D eigenvalue weighted by Gasteiger charge is -2.39. The Labute approximate surface area is 308 Å². The molecule has 3 heterocycles. The molecule has 0 radical (unpaired) electrons. The molecule has 1 fully saturated rings. The molecule has 11 nitrogen and oxygen atoms in total. The number of hydrogen-bond donors (Lipinski definition) is 3. The number of anilines is 3. The summed E-state index contributed by atoms with van der Waals surface area (Å²) < 4.78 is 42.7. The number of carbonyl (C=O) groups is 4. The molecule has 5 amide bonds. The molecule has 0 spiro atoms. The minimum Gasteiger partial charge on any atom is -0.406 e. The lowest BCUT2D eigenvalue weighted by molar-refractivity contribution is -0.274. The average molecular weight is 737 g/mol. The number of imide groups is 1. The summed E-state index contributed by atoms with van der Waals surface area (Å²) in [6.07, 6.45) is 1.08. The topological polar surface area (TPSA) is 143 Å². The maximum Gasteiger partial charge on any atom is 0.573 e. The molecule has 1 aliphatic rings. The predicted molar refractivity (Wildman–Crippen MR) is 195 cm³/mol. The number of pyridine rings is 2. The first kappa shape index (κ1) is 37.2. The first-order chi connectivity index (χ1) is 25.9. The number of nitrogens with one attached hydrogen (secondary N) is 3. The molecule has 0 aliphatic carbocycles. The first-order valence-electron chi connectivity index (χ1n) is 16.9. The van der Waals surface area contributed by atoms with Crippen LogP contribution in [0.4, 0.5) is 35.0 Å². The molecule has 1 aliphatic heterocycles. The van der Waals surface area contributed by atoms with Crippen LogP contribution in [0.2, 0.25) is 0 Å². The second-order valence-corrected chi connectivity index (χ2v) is 12.8. The highest BCUT2D eigenvalue weighted by molar-refractivity contribution is 6.24. The third-order valence-electron chi connectivity index (χ3n) is 9.37. The van der Waals surface area contributed by atoms with Crippen molar-refractivity contribution in [1.29, 1.82) is 0 Å². The maximum absolute atomic E-state index is 15.0. The van der Waals surface area contributed by atoms with Crippen molar-refractivity contribution in [2.24, 2.45) is 0 Å². The molecule has 0 bridgehead atoms. The van der Waals surface area contributed by atoms with E-state index in [9.17, 15) is 32.3 Å². The highest BCUT2D eigenvalue weighted by Gasteiger charge is 2.59. The van der Waals surface area contributed by atoms with Gasteiger partial charge in [0, 0.05) is 24.2 Å². The van der Waals surface area contributed by atoms with Crippen molar-refractivity contribution in [2.45, 2.75) is 50.4 Å². The van der Waals surface area contributed by atoms with Crippen LogP contribution in [0.1, 0.15) is 47.9 Å². The van der Waals surface area contributed by atoms with Gasteiger partial charge in [0.25, 0.3) is 5.91 Å². The largest absolute Gasteiger partial charge is 0.573 e. The van der Waals surface area contributed by atoms with Crippen molar-refractivity contribution in [3.05, 3.63) is 144 Å². The molecule has 3 aromatic carbocycles. The van der Waals surface area contributed by atoms with E-state index in [0.717, 1.165) is 28.2 Å². The van der Waals surface area contributed by atoms with Gasteiger partial charge in [0.2, 0.25) is 11.8 Å². The van der Waals surface area contributed by atoms with Gasteiger partial charge in [-0.1, -0.05) is 74.5 Å². The number of benzene rings is 3. The second kappa shape index (κ2) is 15.6. The van der Waals surface area contributed by atoms with Crippen molar-refractivity contribution in [3.8, 4) is 5.75 Å². The molecule has 14 heteroatoms. The summed E-state index contributed by atoms with van der Waals surface area (Å²) in [6, 6.07) is 25.0. The molecule has 2 atom stereocenters. The Bertz CT molecular complexity index is 2040. The fourth-order valence-corrected chi connectivity index (χ4v) is 6.77. The number of amides is 5. The van der Waals surface area contributed by atoms with E-state index in [2.05, 4.69) is 30.7 Å². The molecule has 3 N–H and O–H groups in total. The molecular formula is C40H35F3N6O5. The van der Waals surface area contributed by atoms with Gasteiger partial charge < -0.3 is 20.7 Å². The Balaban J connectivity index is 1.39. The molecule has 2 aromatic heterocycles. The van der Waals surface area contributed by atoms with Crippen molar-refractivity contribution < 1.29 is 37.1 Å². The van der Waals surface area contributed by atoms with Crippen LogP contribution in [0.3, 0.4) is 0 Å². The number of hydrogen-bond acceptors (Lipinski definition) is 7. The summed E-state index contributed by atoms with van der Waals surface area (Å²) in [7, 11) is 0. The van der Waals surface area contributed by atoms with Gasteiger partial charge in [0.1, 0.15) is 11.3 Å². The summed E-state index contributed by atoms with van der Waals surface area (Å²) in [5.74, 6) is -3.70. The third-order valence-corrected chi connectivity index (χ3v) is 9.37. The molecule has 1 saturated heterocycles. The lowest BCUT2D eigenvalue weighted by atomic mass is 9.69. The Morgan fingerprint density at radius 3 is 1.65 bits per heavy atom. The minimum absolute atomic E-state index is 0.00877. The third kappa shape index (κ3) is 8.07. The van der Waals surface area contributed by atoms with E-state index in [1.54, 1.807) is 26.0 Å². The van der Waals surface area contributed by atoms with Crippen molar-refractivity contribution in [1.82, 2.24) is 15.3 Å². The van der Waals surface area contributed by atoms with Gasteiger partial charge in [-0.3, -0.25) is 24.4 Å². The highest BCUT2D eigenvalue weighted by Crippen LogP contribution is 2.47.